The molecular weight excluding hydrogens is 316 g/mol. The number of carbonyl (C=O) groups excluding carboxylic acids is 1. The van der Waals surface area contributed by atoms with Crippen LogP contribution in [0.25, 0.3) is 10.9 Å². The van der Waals surface area contributed by atoms with E-state index in [9.17, 15) is 4.79 Å². The molecule has 0 aliphatic heterocycles. The molecular formula is C20H23N2O3+. The first-order valence-electron chi connectivity index (χ1n) is 8.32. The number of hydrogen-bond donors (Lipinski definition) is 1. The van der Waals surface area contributed by atoms with E-state index in [4.69, 9.17) is 14.1 Å². The van der Waals surface area contributed by atoms with Crippen LogP contribution in [-0.2, 0) is 17.8 Å². The van der Waals surface area contributed by atoms with E-state index in [2.05, 4.69) is 7.05 Å². The molecule has 0 radical (unpaired) electrons. The van der Waals surface area contributed by atoms with E-state index < -0.39 is 0 Å². The van der Waals surface area contributed by atoms with Crippen LogP contribution in [0.4, 0.5) is 0 Å². The van der Waals surface area contributed by atoms with Gasteiger partial charge < -0.3 is 14.1 Å². The molecule has 5 nitrogen and oxygen atoms in total. The van der Waals surface area contributed by atoms with Crippen molar-refractivity contribution in [1.29, 1.82) is 0 Å². The van der Waals surface area contributed by atoms with Crippen molar-refractivity contribution in [1.82, 2.24) is 4.98 Å². The van der Waals surface area contributed by atoms with Gasteiger partial charge in [0.25, 0.3) is 0 Å². The summed E-state index contributed by atoms with van der Waals surface area (Å²) in [5, 5.41) is 0.978. The van der Waals surface area contributed by atoms with Crippen molar-refractivity contribution in [2.75, 3.05) is 14.2 Å². The number of fused-ring (bicyclic) bond motifs is 1. The molecule has 0 amide bonds. The minimum atomic E-state index is -0.340. The maximum absolute atomic E-state index is 12.4. The van der Waals surface area contributed by atoms with Crippen LogP contribution in [0.2, 0.25) is 0 Å². The predicted molar refractivity (Wildman–Crippen MR) is 95.6 cm³/mol. The highest BCUT2D eigenvalue weighted by atomic mass is 16.5. The van der Waals surface area contributed by atoms with Crippen molar-refractivity contribution in [2.45, 2.75) is 26.9 Å². The summed E-state index contributed by atoms with van der Waals surface area (Å²) in [7, 11) is 3.47. The number of pyridine rings is 1. The van der Waals surface area contributed by atoms with Crippen LogP contribution in [-0.4, -0.2) is 25.1 Å². The number of quaternary nitrogens is 1. The van der Waals surface area contributed by atoms with Crippen molar-refractivity contribution < 1.29 is 18.8 Å². The number of esters is 1. The maximum Gasteiger partial charge on any atom is 0.340 e. The van der Waals surface area contributed by atoms with Gasteiger partial charge >= 0.3 is 5.97 Å². The summed E-state index contributed by atoms with van der Waals surface area (Å²) in [6, 6.07) is 11.8. The lowest BCUT2D eigenvalue weighted by Gasteiger charge is -2.17. The second-order valence-electron chi connectivity index (χ2n) is 6.39. The molecule has 0 spiro atoms. The normalized spacial score (nSPS) is 12.3. The van der Waals surface area contributed by atoms with E-state index in [1.807, 2.05) is 50.2 Å². The van der Waals surface area contributed by atoms with Gasteiger partial charge in [-0.3, -0.25) is 0 Å². The monoisotopic (exact) mass is 339 g/mol. The first kappa shape index (κ1) is 17.2. The van der Waals surface area contributed by atoms with Crippen LogP contribution in [0.3, 0.4) is 0 Å². The zero-order valence-electron chi connectivity index (χ0n) is 15.1. The van der Waals surface area contributed by atoms with Crippen LogP contribution in [0.5, 0.6) is 0 Å². The molecule has 3 aromatic rings. The average Bonchev–Trinajstić information content (AvgIpc) is 2.99. The van der Waals surface area contributed by atoms with Crippen molar-refractivity contribution in [3.05, 3.63) is 64.7 Å². The second kappa shape index (κ2) is 7.07. The SMILES string of the molecule is COC(=O)c1c(C[NH+](C)Cc2ccc(C)o2)nc2ccccc2c1C. The number of ether oxygens (including phenoxy) is 1. The van der Waals surface area contributed by atoms with Gasteiger partial charge in [0, 0.05) is 5.39 Å². The van der Waals surface area contributed by atoms with Gasteiger partial charge in [-0.25, -0.2) is 9.78 Å². The molecule has 1 N–H and O–H groups in total. The van der Waals surface area contributed by atoms with Crippen LogP contribution in [0.15, 0.2) is 40.8 Å². The molecule has 2 heterocycles. The van der Waals surface area contributed by atoms with Gasteiger partial charge in [0.05, 0.1) is 25.2 Å². The van der Waals surface area contributed by atoms with Gasteiger partial charge in [-0.05, 0) is 37.6 Å². The number of hydrogen-bond acceptors (Lipinski definition) is 4. The van der Waals surface area contributed by atoms with Gasteiger partial charge in [-0.15, -0.1) is 0 Å². The minimum absolute atomic E-state index is 0.340. The van der Waals surface area contributed by atoms with E-state index in [0.29, 0.717) is 12.1 Å². The van der Waals surface area contributed by atoms with Gasteiger partial charge in [-0.1, -0.05) is 18.2 Å². The van der Waals surface area contributed by atoms with E-state index in [0.717, 1.165) is 40.2 Å². The third-order valence-electron chi connectivity index (χ3n) is 4.36. The molecule has 1 atom stereocenters. The molecule has 2 aromatic heterocycles. The quantitative estimate of drug-likeness (QED) is 0.726. The lowest BCUT2D eigenvalue weighted by Crippen LogP contribution is -3.06. The number of aromatic nitrogens is 1. The maximum atomic E-state index is 12.4. The molecule has 0 fully saturated rings. The number of methoxy groups -OCH3 is 1. The Morgan fingerprint density at radius 2 is 1.92 bits per heavy atom. The van der Waals surface area contributed by atoms with E-state index in [1.165, 1.54) is 12.0 Å². The first-order valence-corrected chi connectivity index (χ1v) is 8.32. The second-order valence-corrected chi connectivity index (χ2v) is 6.39. The molecule has 0 aliphatic carbocycles. The van der Waals surface area contributed by atoms with Gasteiger partial charge in [0.15, 0.2) is 5.76 Å². The molecule has 5 heteroatoms. The lowest BCUT2D eigenvalue weighted by atomic mass is 10.0. The Labute approximate surface area is 147 Å². The zero-order chi connectivity index (χ0) is 18.0. The third kappa shape index (κ3) is 3.56. The van der Waals surface area contributed by atoms with E-state index >= 15 is 0 Å². The molecule has 25 heavy (non-hydrogen) atoms. The fourth-order valence-electron chi connectivity index (χ4n) is 3.17. The third-order valence-corrected chi connectivity index (χ3v) is 4.36. The molecule has 130 valence electrons. The van der Waals surface area contributed by atoms with Crippen LogP contribution >= 0.6 is 0 Å². The Morgan fingerprint density at radius 1 is 1.16 bits per heavy atom. The van der Waals surface area contributed by atoms with Gasteiger partial charge in [-0.2, -0.15) is 0 Å². The summed E-state index contributed by atoms with van der Waals surface area (Å²) in [6.07, 6.45) is 0. The lowest BCUT2D eigenvalue weighted by molar-refractivity contribution is -0.909. The first-order chi connectivity index (χ1) is 12.0. The van der Waals surface area contributed by atoms with Crippen LogP contribution < -0.4 is 4.90 Å². The van der Waals surface area contributed by atoms with Crippen molar-refractivity contribution in [2.24, 2.45) is 0 Å². The predicted octanol–water partition coefficient (Wildman–Crippen LogP) is 2.45. The topological polar surface area (TPSA) is 56.8 Å². The zero-order valence-corrected chi connectivity index (χ0v) is 15.1. The van der Waals surface area contributed by atoms with Crippen LogP contribution in [0.1, 0.15) is 33.1 Å². The standard InChI is InChI=1S/C20H22N2O3/c1-13-9-10-15(25-13)11-22(3)12-18-19(20(23)24-4)14(2)16-7-5-6-8-17(16)21-18/h5-10H,11-12H2,1-4H3/p+1. The Balaban J connectivity index is 1.97. The number of furan rings is 1. The highest BCUT2D eigenvalue weighted by Crippen LogP contribution is 2.23. The molecule has 0 aliphatic rings. The molecule has 0 saturated carbocycles. The molecule has 3 rings (SSSR count). The molecule has 0 saturated heterocycles. The average molecular weight is 339 g/mol. The fraction of sp³-hybridized carbons (Fsp3) is 0.300. The summed E-state index contributed by atoms with van der Waals surface area (Å²) in [4.78, 5) is 18.3. The summed E-state index contributed by atoms with van der Waals surface area (Å²) in [5.74, 6) is 1.48. The van der Waals surface area contributed by atoms with E-state index in [1.54, 1.807) is 0 Å². The summed E-state index contributed by atoms with van der Waals surface area (Å²) >= 11 is 0. The van der Waals surface area contributed by atoms with E-state index in [-0.39, 0.29) is 5.97 Å². The van der Waals surface area contributed by atoms with Gasteiger partial charge in [0.2, 0.25) is 0 Å². The van der Waals surface area contributed by atoms with Crippen molar-refractivity contribution in [3.63, 3.8) is 0 Å². The summed E-state index contributed by atoms with van der Waals surface area (Å²) < 4.78 is 10.7. The number of aryl methyl sites for hydroxylation is 2. The Hall–Kier alpha value is -2.66. The van der Waals surface area contributed by atoms with Crippen molar-refractivity contribution in [3.8, 4) is 0 Å². The number of rotatable bonds is 5. The van der Waals surface area contributed by atoms with Gasteiger partial charge in [0.1, 0.15) is 24.5 Å². The highest BCUT2D eigenvalue weighted by Gasteiger charge is 2.22. The summed E-state index contributed by atoms with van der Waals surface area (Å²) in [5.41, 5.74) is 3.12. The molecule has 1 aromatic carbocycles. The largest absolute Gasteiger partial charge is 0.465 e. The Bertz CT molecular complexity index is 914. The smallest absolute Gasteiger partial charge is 0.340 e. The number of nitrogens with one attached hydrogen (secondary N) is 1. The number of benzene rings is 1. The van der Waals surface area contributed by atoms with Crippen molar-refractivity contribution >= 4 is 16.9 Å². The number of nitrogens with zero attached hydrogens (tertiary/aromatic N) is 1. The number of carbonyl (C=O) groups is 1. The summed E-state index contributed by atoms with van der Waals surface area (Å²) in [6.45, 7) is 5.21. The Morgan fingerprint density at radius 3 is 2.60 bits per heavy atom. The minimum Gasteiger partial charge on any atom is -0.465 e. The Kier molecular flexibility index (Phi) is 4.86. The number of para-hydroxylation sites is 1. The molecule has 0 bridgehead atoms. The molecule has 1 unspecified atom stereocenters. The fourth-order valence-corrected chi connectivity index (χ4v) is 3.17. The highest BCUT2D eigenvalue weighted by molar-refractivity contribution is 5.98. The van der Waals surface area contributed by atoms with Crippen LogP contribution in [0, 0.1) is 13.8 Å².